The smallest absolute Gasteiger partial charge is 0.251 e. The zero-order chi connectivity index (χ0) is 17.0. The minimum Gasteiger partial charge on any atom is -0.388 e. The van der Waals surface area contributed by atoms with Gasteiger partial charge in [0.1, 0.15) is 30.5 Å². The summed E-state index contributed by atoms with van der Waals surface area (Å²) in [5, 5.41) is 42.0. The lowest BCUT2D eigenvalue weighted by atomic mass is 9.95. The zero-order valence-corrected chi connectivity index (χ0v) is 12.6. The Hall–Kier alpha value is -1.55. The van der Waals surface area contributed by atoms with Gasteiger partial charge in [0.25, 0.3) is 5.91 Å². The molecule has 1 fully saturated rings. The molecule has 8 heteroatoms. The molecule has 23 heavy (non-hydrogen) atoms. The molecule has 0 saturated carbocycles. The Morgan fingerprint density at radius 2 is 1.87 bits per heavy atom. The number of carbonyl (C=O) groups is 1. The van der Waals surface area contributed by atoms with E-state index in [-0.39, 0.29) is 12.5 Å². The number of rotatable bonds is 5. The highest BCUT2D eigenvalue weighted by Gasteiger charge is 2.46. The Morgan fingerprint density at radius 1 is 1.22 bits per heavy atom. The lowest BCUT2D eigenvalue weighted by molar-refractivity contribution is -0.303. The Kier molecular flexibility index (Phi) is 6.05. The monoisotopic (exact) mass is 327 g/mol. The van der Waals surface area contributed by atoms with Crippen molar-refractivity contribution in [3.8, 4) is 0 Å². The van der Waals surface area contributed by atoms with Crippen molar-refractivity contribution < 1.29 is 34.7 Å². The predicted molar refractivity (Wildman–Crippen MR) is 78.5 cm³/mol. The molecule has 128 valence electrons. The van der Waals surface area contributed by atoms with Crippen molar-refractivity contribution in [3.63, 3.8) is 0 Å². The average Bonchev–Trinajstić information content (AvgIpc) is 2.58. The van der Waals surface area contributed by atoms with Gasteiger partial charge in [-0.3, -0.25) is 4.79 Å². The van der Waals surface area contributed by atoms with Gasteiger partial charge < -0.3 is 35.2 Å². The number of amides is 1. The molecule has 0 spiro atoms. The second-order valence-corrected chi connectivity index (χ2v) is 5.32. The third kappa shape index (κ3) is 4.05. The molecule has 0 aromatic heterocycles. The van der Waals surface area contributed by atoms with E-state index in [2.05, 4.69) is 5.32 Å². The van der Waals surface area contributed by atoms with Crippen molar-refractivity contribution in [2.75, 3.05) is 13.7 Å². The van der Waals surface area contributed by atoms with Crippen LogP contribution in [0.3, 0.4) is 0 Å². The van der Waals surface area contributed by atoms with E-state index in [1.54, 1.807) is 30.3 Å². The highest BCUT2D eigenvalue weighted by Crippen LogP contribution is 2.23. The van der Waals surface area contributed by atoms with Crippen molar-refractivity contribution >= 4 is 5.91 Å². The number of hydrogen-bond donors (Lipinski definition) is 5. The van der Waals surface area contributed by atoms with Crippen LogP contribution >= 0.6 is 0 Å². The van der Waals surface area contributed by atoms with Crippen LogP contribution < -0.4 is 5.32 Å². The number of aliphatic hydroxyl groups excluding tert-OH is 4. The van der Waals surface area contributed by atoms with Crippen LogP contribution in [0.5, 0.6) is 0 Å². The normalized spacial score (nSPS) is 32.3. The molecular weight excluding hydrogens is 306 g/mol. The summed E-state index contributed by atoms with van der Waals surface area (Å²) >= 11 is 0. The second-order valence-electron chi connectivity index (χ2n) is 5.32. The van der Waals surface area contributed by atoms with Gasteiger partial charge in [0.05, 0.1) is 0 Å². The fraction of sp³-hybridized carbons (Fsp3) is 0.533. The average molecular weight is 327 g/mol. The van der Waals surface area contributed by atoms with E-state index >= 15 is 0 Å². The van der Waals surface area contributed by atoms with Crippen LogP contribution in [0.1, 0.15) is 10.4 Å². The number of methoxy groups -OCH3 is 1. The number of carbonyl (C=O) groups excluding carboxylic acids is 1. The first-order valence-electron chi connectivity index (χ1n) is 7.19. The van der Waals surface area contributed by atoms with Gasteiger partial charge in [0, 0.05) is 19.2 Å². The predicted octanol–water partition coefficient (Wildman–Crippen LogP) is -1.77. The molecule has 8 nitrogen and oxygen atoms in total. The number of benzene rings is 1. The van der Waals surface area contributed by atoms with Crippen LogP contribution in [-0.4, -0.2) is 76.8 Å². The summed E-state index contributed by atoms with van der Waals surface area (Å²) < 4.78 is 10.1. The van der Waals surface area contributed by atoms with Gasteiger partial charge in [-0.1, -0.05) is 18.2 Å². The summed E-state index contributed by atoms with van der Waals surface area (Å²) in [5.74, 6) is -0.390. The highest BCUT2D eigenvalue weighted by atomic mass is 16.7. The summed E-state index contributed by atoms with van der Waals surface area (Å²) in [6, 6.07) is 8.43. The lowest BCUT2D eigenvalue weighted by Gasteiger charge is -2.41. The van der Waals surface area contributed by atoms with Gasteiger partial charge in [-0.2, -0.15) is 0 Å². The molecule has 1 saturated heterocycles. The molecule has 2 rings (SSSR count). The maximum absolute atomic E-state index is 11.9. The topological polar surface area (TPSA) is 128 Å². The van der Waals surface area contributed by atoms with E-state index in [0.29, 0.717) is 5.56 Å². The Labute approximate surface area is 133 Å². The number of ether oxygens (including phenoxy) is 2. The molecule has 1 heterocycles. The van der Waals surface area contributed by atoms with Crippen LogP contribution in [0.2, 0.25) is 0 Å². The van der Waals surface area contributed by atoms with E-state index in [1.807, 2.05) is 0 Å². The molecule has 0 bridgehead atoms. The molecule has 0 unspecified atom stereocenters. The zero-order valence-electron chi connectivity index (χ0n) is 12.6. The first kappa shape index (κ1) is 17.8. The van der Waals surface area contributed by atoms with Gasteiger partial charge in [-0.05, 0) is 12.1 Å². The first-order chi connectivity index (χ1) is 11.0. The van der Waals surface area contributed by atoms with Crippen LogP contribution in [0.15, 0.2) is 30.3 Å². The first-order valence-corrected chi connectivity index (χ1v) is 7.19. The molecule has 0 aliphatic carbocycles. The van der Waals surface area contributed by atoms with Crippen LogP contribution in [0.4, 0.5) is 0 Å². The SMILES string of the molecule is CO[C@H]1O[C@H]([C@@H](O)CNC(=O)c2ccccc2)[C@@H](O)[C@H](O)[C@@H]1O. The van der Waals surface area contributed by atoms with Gasteiger partial charge >= 0.3 is 0 Å². The molecule has 1 amide bonds. The van der Waals surface area contributed by atoms with Gasteiger partial charge in [0.2, 0.25) is 0 Å². The third-order valence-corrected chi connectivity index (χ3v) is 3.73. The van der Waals surface area contributed by atoms with E-state index in [0.717, 1.165) is 0 Å². The molecule has 1 aliphatic heterocycles. The van der Waals surface area contributed by atoms with Crippen molar-refractivity contribution in [1.82, 2.24) is 5.32 Å². The molecule has 1 aromatic rings. The second kappa shape index (κ2) is 7.82. The van der Waals surface area contributed by atoms with Crippen molar-refractivity contribution in [1.29, 1.82) is 0 Å². The van der Waals surface area contributed by atoms with E-state index in [1.165, 1.54) is 7.11 Å². The number of nitrogens with one attached hydrogen (secondary N) is 1. The van der Waals surface area contributed by atoms with Crippen molar-refractivity contribution in [2.45, 2.75) is 36.8 Å². The number of aliphatic hydroxyl groups is 4. The Morgan fingerprint density at radius 3 is 2.48 bits per heavy atom. The van der Waals surface area contributed by atoms with Crippen molar-refractivity contribution in [2.24, 2.45) is 0 Å². The van der Waals surface area contributed by atoms with E-state index in [4.69, 9.17) is 9.47 Å². The summed E-state index contributed by atoms with van der Waals surface area (Å²) in [6.45, 7) is -0.200. The number of hydrogen-bond acceptors (Lipinski definition) is 7. The van der Waals surface area contributed by atoms with Crippen LogP contribution in [0.25, 0.3) is 0 Å². The maximum Gasteiger partial charge on any atom is 0.251 e. The molecule has 1 aromatic carbocycles. The fourth-order valence-corrected chi connectivity index (χ4v) is 2.39. The summed E-state index contributed by atoms with van der Waals surface area (Å²) in [6.07, 6.45) is -8.17. The van der Waals surface area contributed by atoms with Gasteiger partial charge in [-0.15, -0.1) is 0 Å². The molecule has 0 radical (unpaired) electrons. The summed E-state index contributed by atoms with van der Waals surface area (Å²) in [4.78, 5) is 11.9. The minimum atomic E-state index is -1.53. The lowest BCUT2D eigenvalue weighted by Crippen LogP contribution is -2.62. The third-order valence-electron chi connectivity index (χ3n) is 3.73. The molecular formula is C15H21NO7. The summed E-state index contributed by atoms with van der Waals surface area (Å²) in [5.41, 5.74) is 0.426. The molecule has 6 atom stereocenters. The van der Waals surface area contributed by atoms with E-state index in [9.17, 15) is 25.2 Å². The van der Waals surface area contributed by atoms with Crippen LogP contribution in [-0.2, 0) is 9.47 Å². The van der Waals surface area contributed by atoms with Crippen molar-refractivity contribution in [3.05, 3.63) is 35.9 Å². The Bertz CT molecular complexity index is 510. The van der Waals surface area contributed by atoms with E-state index < -0.39 is 36.8 Å². The fourth-order valence-electron chi connectivity index (χ4n) is 2.39. The minimum absolute atomic E-state index is 0.200. The van der Waals surface area contributed by atoms with Crippen LogP contribution in [0, 0.1) is 0 Å². The Balaban J connectivity index is 1.94. The molecule has 1 aliphatic rings. The molecule has 5 N–H and O–H groups in total. The summed E-state index contributed by atoms with van der Waals surface area (Å²) in [7, 11) is 1.26. The maximum atomic E-state index is 11.9. The largest absolute Gasteiger partial charge is 0.388 e. The quantitative estimate of drug-likeness (QED) is 0.433. The highest BCUT2D eigenvalue weighted by molar-refractivity contribution is 5.94. The van der Waals surface area contributed by atoms with Gasteiger partial charge in [0.15, 0.2) is 6.29 Å². The standard InChI is InChI=1S/C15H21NO7/c1-22-15-12(20)10(18)11(19)13(23-15)9(17)7-16-14(21)8-5-3-2-4-6-8/h2-6,9-13,15,17-20H,7H2,1H3,(H,16,21)/t9-,10-,11-,12-,13+,15-/m0/s1. The van der Waals surface area contributed by atoms with Gasteiger partial charge in [-0.25, -0.2) is 0 Å².